The Labute approximate surface area is 67.1 Å². The molecular formula is C5H13Al2N. The standard InChI is InChI=1S/C5H9N.2Al.4H/c1-5-3-2-4-6-5;;;;;;/h1,5-6H,2-4H2;;;;;;. The molecule has 8 heavy (non-hydrogen) atoms. The van der Waals surface area contributed by atoms with Gasteiger partial charge in [0.1, 0.15) is 0 Å². The first-order chi connectivity index (χ1) is 3.80. The largest absolute Gasteiger partial charge is 0.316 e. The molecule has 1 fully saturated rings. The molecule has 0 amide bonds. The summed E-state index contributed by atoms with van der Waals surface area (Å²) in [4.78, 5) is 0. The normalized spacial score (nSPS) is 29.4. The summed E-state index contributed by atoms with van der Waals surface area (Å²) in [6.45, 7) is 1.28. The third-order valence-electron chi connectivity index (χ3n) is 1.90. The fourth-order valence-corrected chi connectivity index (χ4v) is 2.42. The van der Waals surface area contributed by atoms with Gasteiger partial charge in [0.2, 0.25) is 32.6 Å². The molecule has 0 aromatic heterocycles. The van der Waals surface area contributed by atoms with E-state index in [1.807, 2.05) is 0 Å². The number of hydrogen-bond acceptors (Lipinski definition) is 1. The van der Waals surface area contributed by atoms with Crippen LogP contribution in [0.3, 0.4) is 0 Å². The van der Waals surface area contributed by atoms with Gasteiger partial charge in [-0.3, -0.25) is 0 Å². The highest BCUT2D eigenvalue weighted by Gasteiger charge is 2.16. The molecule has 1 aliphatic rings. The molecule has 1 saturated heterocycles. The first-order valence-corrected chi connectivity index (χ1v) is 5.85. The first kappa shape index (κ1) is 7.14. The van der Waals surface area contributed by atoms with Crippen molar-refractivity contribution in [1.82, 2.24) is 5.32 Å². The third kappa shape index (κ3) is 1.76. The van der Waals surface area contributed by atoms with Crippen molar-refractivity contribution in [3.8, 4) is 0 Å². The lowest BCUT2D eigenvalue weighted by Gasteiger charge is -2.13. The van der Waals surface area contributed by atoms with Crippen LogP contribution < -0.4 is 5.32 Å². The highest BCUT2D eigenvalue weighted by atomic mass is 27.1. The molecule has 44 valence electrons. The Bertz CT molecular complexity index is 68.8. The van der Waals surface area contributed by atoms with E-state index in [1.54, 1.807) is 0 Å². The second-order valence-electron chi connectivity index (χ2n) is 2.95. The van der Waals surface area contributed by atoms with Crippen molar-refractivity contribution >= 4 is 32.6 Å². The molecule has 1 rings (SSSR count). The van der Waals surface area contributed by atoms with Crippen molar-refractivity contribution < 1.29 is 0 Å². The van der Waals surface area contributed by atoms with Crippen LogP contribution in [0.1, 0.15) is 12.8 Å². The molecule has 0 radical (unpaired) electrons. The molecule has 1 heterocycles. The molecule has 0 spiro atoms. The predicted molar refractivity (Wildman–Crippen MR) is 41.9 cm³/mol. The van der Waals surface area contributed by atoms with Crippen LogP contribution >= 0.6 is 0 Å². The van der Waals surface area contributed by atoms with Crippen molar-refractivity contribution in [2.45, 2.75) is 22.5 Å². The fourth-order valence-electron chi connectivity index (χ4n) is 1.28. The zero-order valence-corrected chi connectivity index (χ0v) is 9.78. The quantitative estimate of drug-likeness (QED) is 0.450. The zero-order chi connectivity index (χ0) is 5.98. The van der Waals surface area contributed by atoms with E-state index in [0.717, 1.165) is 9.68 Å². The van der Waals surface area contributed by atoms with Crippen LogP contribution in [-0.2, 0) is 0 Å². The lowest BCUT2D eigenvalue weighted by molar-refractivity contribution is 0.640. The zero-order valence-electron chi connectivity index (χ0n) is 5.78. The van der Waals surface area contributed by atoms with Crippen LogP contribution in [0.5, 0.6) is 0 Å². The average molecular weight is 141 g/mol. The molecule has 1 atom stereocenters. The Morgan fingerprint density at radius 3 is 2.50 bits per heavy atom. The smallest absolute Gasteiger partial charge is 0.200 e. The van der Waals surface area contributed by atoms with Gasteiger partial charge in [-0.25, -0.2) is 0 Å². The van der Waals surface area contributed by atoms with E-state index in [0.29, 0.717) is 0 Å². The molecule has 0 saturated carbocycles. The Morgan fingerprint density at radius 1 is 1.50 bits per heavy atom. The van der Waals surface area contributed by atoms with Crippen LogP contribution in [0.4, 0.5) is 0 Å². The van der Waals surface area contributed by atoms with Gasteiger partial charge in [-0.15, -0.1) is 3.64 Å². The Kier molecular flexibility index (Phi) is 2.91. The van der Waals surface area contributed by atoms with Crippen molar-refractivity contribution in [1.29, 1.82) is 0 Å². The topological polar surface area (TPSA) is 12.0 Å². The van der Waals surface area contributed by atoms with E-state index < -0.39 is 0 Å². The number of rotatable bonds is 1. The van der Waals surface area contributed by atoms with E-state index in [9.17, 15) is 0 Å². The minimum absolute atomic E-state index is 0.938. The summed E-state index contributed by atoms with van der Waals surface area (Å²) in [6.07, 6.45) is 2.88. The van der Waals surface area contributed by atoms with Gasteiger partial charge >= 0.3 is 0 Å². The highest BCUT2D eigenvalue weighted by molar-refractivity contribution is 6.36. The van der Waals surface area contributed by atoms with Crippen molar-refractivity contribution in [3.05, 3.63) is 0 Å². The Balaban J connectivity index is 2.24. The van der Waals surface area contributed by atoms with Crippen molar-refractivity contribution in [2.24, 2.45) is 0 Å². The van der Waals surface area contributed by atoms with E-state index >= 15 is 0 Å². The van der Waals surface area contributed by atoms with Crippen molar-refractivity contribution in [2.75, 3.05) is 6.54 Å². The molecule has 0 bridgehead atoms. The molecular weight excluding hydrogens is 128 g/mol. The van der Waals surface area contributed by atoms with Gasteiger partial charge < -0.3 is 5.32 Å². The lowest BCUT2D eigenvalue weighted by Crippen LogP contribution is -2.26. The highest BCUT2D eigenvalue weighted by Crippen LogP contribution is 2.12. The summed E-state index contributed by atoms with van der Waals surface area (Å²) >= 11 is 2.82. The van der Waals surface area contributed by atoms with Gasteiger partial charge in [-0.1, -0.05) is 0 Å². The van der Waals surface area contributed by atoms with Gasteiger partial charge in [-0.05, 0) is 25.4 Å². The molecule has 1 aliphatic heterocycles. The van der Waals surface area contributed by atoms with Crippen LogP contribution in [0.25, 0.3) is 0 Å². The summed E-state index contributed by atoms with van der Waals surface area (Å²) in [7, 11) is 0. The summed E-state index contributed by atoms with van der Waals surface area (Å²) in [5.41, 5.74) is 0. The van der Waals surface area contributed by atoms with Gasteiger partial charge in [0.05, 0.1) is 0 Å². The molecule has 1 nitrogen and oxygen atoms in total. The molecule has 1 N–H and O–H groups in total. The number of hydrogen-bond donors (Lipinski definition) is 1. The summed E-state index contributed by atoms with van der Waals surface area (Å²) < 4.78 is 1.11. The second-order valence-corrected chi connectivity index (χ2v) is 8.90. The maximum absolute atomic E-state index is 3.53. The maximum atomic E-state index is 3.53. The molecule has 0 aromatic rings. The van der Waals surface area contributed by atoms with E-state index in [2.05, 4.69) is 5.32 Å². The van der Waals surface area contributed by atoms with Crippen molar-refractivity contribution in [3.63, 3.8) is 0 Å². The maximum Gasteiger partial charge on any atom is 0.200 e. The molecule has 1 unspecified atom stereocenters. The first-order valence-electron chi connectivity index (χ1n) is 3.54. The Morgan fingerprint density at radius 2 is 2.25 bits per heavy atom. The minimum atomic E-state index is 0.938. The summed E-state index contributed by atoms with van der Waals surface area (Å²) in [6, 6.07) is 0.938. The van der Waals surface area contributed by atoms with Crippen LogP contribution in [0, 0.1) is 0 Å². The van der Waals surface area contributed by atoms with Crippen LogP contribution in [0.15, 0.2) is 0 Å². The van der Waals surface area contributed by atoms with Gasteiger partial charge in [-0.2, -0.15) is 0 Å². The summed E-state index contributed by atoms with van der Waals surface area (Å²) in [5.74, 6) is 0. The van der Waals surface area contributed by atoms with E-state index in [4.69, 9.17) is 0 Å². The molecule has 0 aliphatic carbocycles. The second kappa shape index (κ2) is 3.26. The summed E-state index contributed by atoms with van der Waals surface area (Å²) in [5, 5.41) is 3.53. The van der Waals surface area contributed by atoms with E-state index in [-0.39, 0.29) is 0 Å². The number of nitrogens with one attached hydrogen (secondary N) is 1. The van der Waals surface area contributed by atoms with Gasteiger partial charge in [0.15, 0.2) is 0 Å². The van der Waals surface area contributed by atoms with Gasteiger partial charge in [0.25, 0.3) is 0 Å². The van der Waals surface area contributed by atoms with Crippen LogP contribution in [-0.4, -0.2) is 45.2 Å². The third-order valence-corrected chi connectivity index (χ3v) is 3.51. The fraction of sp³-hybridized carbons (Fsp3) is 1.00. The minimum Gasteiger partial charge on any atom is -0.316 e. The van der Waals surface area contributed by atoms with Gasteiger partial charge in [0, 0.05) is 0 Å². The molecule has 3 heteroatoms. The lowest BCUT2D eigenvalue weighted by atomic mass is 10.2. The average Bonchev–Trinajstić information content (AvgIpc) is 2.12. The van der Waals surface area contributed by atoms with Crippen LogP contribution in [0.2, 0.25) is 3.64 Å². The van der Waals surface area contributed by atoms with E-state index in [1.165, 1.54) is 52.0 Å². The molecule has 0 aromatic carbocycles. The Hall–Kier alpha value is 1.02. The SMILES string of the molecule is [AlH2][CH]([AlH2])C1CCCN1. The predicted octanol–water partition coefficient (Wildman–Crippen LogP) is -1.25. The monoisotopic (exact) mass is 141 g/mol.